The lowest BCUT2D eigenvalue weighted by molar-refractivity contribution is -0.261. The average molecular weight is 652 g/mol. The maximum atomic E-state index is 13.4. The minimum atomic E-state index is -1.40. The molecule has 1 N–H and O–H groups in total. The summed E-state index contributed by atoms with van der Waals surface area (Å²) in [6, 6.07) is 4.23. The molecule has 4 atom stereocenters. The summed E-state index contributed by atoms with van der Waals surface area (Å²) in [5.41, 5.74) is -1.51. The number of amides is 1. The molecule has 1 fully saturated rings. The number of benzene rings is 1. The SMILES string of the molecule is CCCC(=O)O[C@H]1[C@@H](Oc2ccc(NC(=O)OC(C)(C)C)cc2C(=O)OC(C)(C)C)OC[C@@H](OC(=O)CCC)[C@H]1OC(=O)CCC. The van der Waals surface area contributed by atoms with Gasteiger partial charge in [-0.1, -0.05) is 20.8 Å². The zero-order valence-corrected chi connectivity index (χ0v) is 28.4. The Morgan fingerprint density at radius 3 is 1.80 bits per heavy atom. The summed E-state index contributed by atoms with van der Waals surface area (Å²) < 4.78 is 40.0. The molecule has 0 aliphatic carbocycles. The van der Waals surface area contributed by atoms with Crippen molar-refractivity contribution in [2.75, 3.05) is 11.9 Å². The molecular weight excluding hydrogens is 602 g/mol. The predicted octanol–water partition coefficient (Wildman–Crippen LogP) is 5.86. The highest BCUT2D eigenvalue weighted by molar-refractivity contribution is 5.95. The molecule has 1 aromatic rings. The first-order chi connectivity index (χ1) is 21.5. The van der Waals surface area contributed by atoms with E-state index in [0.717, 1.165) is 0 Å². The molecule has 258 valence electrons. The highest BCUT2D eigenvalue weighted by Crippen LogP contribution is 2.32. The maximum absolute atomic E-state index is 13.4. The van der Waals surface area contributed by atoms with E-state index in [1.807, 2.05) is 6.92 Å². The fourth-order valence-corrected chi connectivity index (χ4v) is 4.22. The summed E-state index contributed by atoms with van der Waals surface area (Å²) in [4.78, 5) is 63.7. The molecule has 1 heterocycles. The van der Waals surface area contributed by atoms with Gasteiger partial charge in [-0.15, -0.1) is 0 Å². The highest BCUT2D eigenvalue weighted by atomic mass is 16.7. The topological polar surface area (TPSA) is 162 Å². The Hall–Kier alpha value is -3.87. The van der Waals surface area contributed by atoms with Crippen molar-refractivity contribution >= 4 is 35.7 Å². The van der Waals surface area contributed by atoms with Crippen LogP contribution in [0.4, 0.5) is 10.5 Å². The van der Waals surface area contributed by atoms with E-state index in [-0.39, 0.29) is 42.9 Å². The third kappa shape index (κ3) is 12.9. The summed E-state index contributed by atoms with van der Waals surface area (Å²) in [6.07, 6.45) is -4.14. The van der Waals surface area contributed by atoms with Gasteiger partial charge in [0.1, 0.15) is 22.5 Å². The molecule has 0 aromatic heterocycles. The normalized spacial score (nSPS) is 19.8. The van der Waals surface area contributed by atoms with E-state index in [1.165, 1.54) is 18.2 Å². The van der Waals surface area contributed by atoms with Gasteiger partial charge in [-0.2, -0.15) is 0 Å². The molecule has 1 aromatic carbocycles. The van der Waals surface area contributed by atoms with E-state index in [1.54, 1.807) is 55.4 Å². The Labute approximate surface area is 270 Å². The largest absolute Gasteiger partial charge is 0.460 e. The van der Waals surface area contributed by atoms with E-state index in [4.69, 9.17) is 33.2 Å². The summed E-state index contributed by atoms with van der Waals surface area (Å²) in [5.74, 6) is -2.56. The lowest BCUT2D eigenvalue weighted by atomic mass is 10.0. The van der Waals surface area contributed by atoms with Crippen LogP contribution in [-0.4, -0.2) is 72.4 Å². The minimum absolute atomic E-state index is 0.0365. The Morgan fingerprint density at radius 2 is 1.28 bits per heavy atom. The Balaban J connectivity index is 2.54. The number of carbonyl (C=O) groups excluding carboxylic acids is 5. The molecule has 46 heavy (non-hydrogen) atoms. The molecule has 0 spiro atoms. The fourth-order valence-electron chi connectivity index (χ4n) is 4.22. The second kappa shape index (κ2) is 17.2. The molecule has 0 bridgehead atoms. The highest BCUT2D eigenvalue weighted by Gasteiger charge is 2.49. The molecule has 0 saturated carbocycles. The average Bonchev–Trinajstić information content (AvgIpc) is 2.91. The first-order valence-corrected chi connectivity index (χ1v) is 15.7. The minimum Gasteiger partial charge on any atom is -0.460 e. The Morgan fingerprint density at radius 1 is 0.761 bits per heavy atom. The summed E-state index contributed by atoms with van der Waals surface area (Å²) >= 11 is 0. The van der Waals surface area contributed by atoms with Crippen LogP contribution >= 0.6 is 0 Å². The Kier molecular flexibility index (Phi) is 14.3. The molecule has 1 amide bonds. The monoisotopic (exact) mass is 651 g/mol. The Bertz CT molecular complexity index is 1220. The second-order valence-electron chi connectivity index (χ2n) is 12.8. The van der Waals surface area contributed by atoms with Crippen LogP contribution < -0.4 is 10.1 Å². The molecule has 0 radical (unpaired) electrons. The van der Waals surface area contributed by atoms with Gasteiger partial charge in [0.25, 0.3) is 0 Å². The van der Waals surface area contributed by atoms with Crippen LogP contribution in [0.15, 0.2) is 18.2 Å². The van der Waals surface area contributed by atoms with Crippen LogP contribution in [0.3, 0.4) is 0 Å². The van der Waals surface area contributed by atoms with Crippen molar-refractivity contribution in [2.45, 2.75) is 137 Å². The van der Waals surface area contributed by atoms with Gasteiger partial charge >= 0.3 is 30.0 Å². The number of nitrogens with one attached hydrogen (secondary N) is 1. The van der Waals surface area contributed by atoms with E-state index in [0.29, 0.717) is 19.3 Å². The quantitative estimate of drug-likeness (QED) is 0.200. The second-order valence-corrected chi connectivity index (χ2v) is 12.8. The molecule has 2 rings (SSSR count). The molecule has 0 unspecified atom stereocenters. The van der Waals surface area contributed by atoms with Crippen molar-refractivity contribution in [2.24, 2.45) is 0 Å². The van der Waals surface area contributed by atoms with Crippen molar-refractivity contribution in [3.8, 4) is 5.75 Å². The lowest BCUT2D eigenvalue weighted by Crippen LogP contribution is -2.59. The van der Waals surface area contributed by atoms with Crippen molar-refractivity contribution in [3.63, 3.8) is 0 Å². The summed E-state index contributed by atoms with van der Waals surface area (Å²) in [6.45, 7) is 15.4. The molecule has 13 nitrogen and oxygen atoms in total. The van der Waals surface area contributed by atoms with E-state index >= 15 is 0 Å². The summed E-state index contributed by atoms with van der Waals surface area (Å²) in [7, 11) is 0. The maximum Gasteiger partial charge on any atom is 0.412 e. The van der Waals surface area contributed by atoms with Gasteiger partial charge in [0.2, 0.25) is 12.4 Å². The van der Waals surface area contributed by atoms with Crippen molar-refractivity contribution < 1.29 is 57.1 Å². The van der Waals surface area contributed by atoms with Crippen LogP contribution in [-0.2, 0) is 42.8 Å². The first kappa shape index (κ1) is 38.3. The summed E-state index contributed by atoms with van der Waals surface area (Å²) in [5, 5.41) is 2.58. The van der Waals surface area contributed by atoms with Gasteiger partial charge in [0, 0.05) is 24.9 Å². The van der Waals surface area contributed by atoms with Crippen molar-refractivity contribution in [1.82, 2.24) is 0 Å². The number of esters is 4. The third-order valence-electron chi connectivity index (χ3n) is 6.05. The number of carbonyl (C=O) groups is 5. The van der Waals surface area contributed by atoms with Gasteiger partial charge < -0.3 is 33.2 Å². The number of hydrogen-bond donors (Lipinski definition) is 1. The fraction of sp³-hybridized carbons (Fsp3) is 0.667. The number of rotatable bonds is 13. The van der Waals surface area contributed by atoms with Crippen molar-refractivity contribution in [1.29, 1.82) is 0 Å². The third-order valence-corrected chi connectivity index (χ3v) is 6.05. The van der Waals surface area contributed by atoms with Gasteiger partial charge in [0.15, 0.2) is 12.2 Å². The lowest BCUT2D eigenvalue weighted by Gasteiger charge is -2.40. The standard InChI is InChI=1S/C33H49NO12/c1-10-13-24(35)41-23-19-40-30(28(44-26(37)15-12-3)27(23)43-25(36)14-11-2)42-22-17-16-20(34-31(39)46-33(7,8)9)18-21(22)29(38)45-32(4,5)6/h16-18,23,27-28,30H,10-15,19H2,1-9H3,(H,34,39)/t23-,27-,28-,30-/m1/s1. The molecular formula is C33H49NO12. The molecule has 1 aliphatic heterocycles. The zero-order chi connectivity index (χ0) is 34.7. The van der Waals surface area contributed by atoms with Crippen LogP contribution in [0.2, 0.25) is 0 Å². The van der Waals surface area contributed by atoms with Crippen LogP contribution in [0.5, 0.6) is 5.75 Å². The van der Waals surface area contributed by atoms with Gasteiger partial charge in [0.05, 0.1) is 6.61 Å². The zero-order valence-electron chi connectivity index (χ0n) is 28.4. The van der Waals surface area contributed by atoms with E-state index < -0.39 is 65.8 Å². The van der Waals surface area contributed by atoms with Gasteiger partial charge in [-0.05, 0) is 79.0 Å². The molecule has 1 aliphatic rings. The smallest absolute Gasteiger partial charge is 0.412 e. The number of hydrogen-bond acceptors (Lipinski definition) is 12. The van der Waals surface area contributed by atoms with Crippen LogP contribution in [0.1, 0.15) is 111 Å². The van der Waals surface area contributed by atoms with Crippen molar-refractivity contribution in [3.05, 3.63) is 23.8 Å². The predicted molar refractivity (Wildman–Crippen MR) is 166 cm³/mol. The number of anilines is 1. The van der Waals surface area contributed by atoms with E-state index in [9.17, 15) is 24.0 Å². The molecule has 1 saturated heterocycles. The molecule has 13 heteroatoms. The van der Waals surface area contributed by atoms with E-state index in [2.05, 4.69) is 5.32 Å². The van der Waals surface area contributed by atoms with Crippen LogP contribution in [0, 0.1) is 0 Å². The first-order valence-electron chi connectivity index (χ1n) is 15.7. The van der Waals surface area contributed by atoms with Crippen LogP contribution in [0.25, 0.3) is 0 Å². The van der Waals surface area contributed by atoms with Gasteiger partial charge in [-0.3, -0.25) is 19.7 Å². The number of ether oxygens (including phenoxy) is 7. The van der Waals surface area contributed by atoms with Gasteiger partial charge in [-0.25, -0.2) is 9.59 Å².